The number of rotatable bonds is 4. The van der Waals surface area contributed by atoms with Gasteiger partial charge in [-0.3, -0.25) is 4.79 Å². The van der Waals surface area contributed by atoms with Gasteiger partial charge in [0.1, 0.15) is 5.82 Å². The van der Waals surface area contributed by atoms with Crippen molar-refractivity contribution in [3.8, 4) is 6.07 Å². The zero-order valence-electron chi connectivity index (χ0n) is 10.3. The standard InChI is InChI=1S/C13H14BrFN2O/c1-3-17(8-9(2)7-16)13(18)10-5-4-6-11(15)12(10)14/h4-6,9H,3,8H2,1-2H3. The highest BCUT2D eigenvalue weighted by Crippen LogP contribution is 2.22. The molecule has 96 valence electrons. The van der Waals surface area contributed by atoms with Crippen LogP contribution in [0.25, 0.3) is 0 Å². The first kappa shape index (κ1) is 14.7. The van der Waals surface area contributed by atoms with Crippen LogP contribution in [0.5, 0.6) is 0 Å². The molecule has 1 unspecified atom stereocenters. The molecule has 0 fully saturated rings. The van der Waals surface area contributed by atoms with Crippen LogP contribution < -0.4 is 0 Å². The molecule has 1 amide bonds. The summed E-state index contributed by atoms with van der Waals surface area (Å²) in [7, 11) is 0. The second-order valence-corrected chi connectivity index (χ2v) is 4.77. The fraction of sp³-hybridized carbons (Fsp3) is 0.385. The van der Waals surface area contributed by atoms with Gasteiger partial charge in [0.05, 0.1) is 22.0 Å². The first-order valence-electron chi connectivity index (χ1n) is 5.64. The summed E-state index contributed by atoms with van der Waals surface area (Å²) in [5, 5.41) is 8.77. The van der Waals surface area contributed by atoms with E-state index < -0.39 is 5.82 Å². The van der Waals surface area contributed by atoms with Gasteiger partial charge in [0.25, 0.3) is 5.91 Å². The van der Waals surface area contributed by atoms with Gasteiger partial charge in [-0.15, -0.1) is 0 Å². The first-order chi connectivity index (χ1) is 8.51. The molecular formula is C13H14BrFN2O. The third-order valence-electron chi connectivity index (χ3n) is 2.57. The van der Waals surface area contributed by atoms with E-state index in [2.05, 4.69) is 22.0 Å². The number of carbonyl (C=O) groups excluding carboxylic acids is 1. The Hall–Kier alpha value is -1.41. The van der Waals surface area contributed by atoms with Crippen molar-refractivity contribution < 1.29 is 9.18 Å². The second-order valence-electron chi connectivity index (χ2n) is 3.98. The lowest BCUT2D eigenvalue weighted by molar-refractivity contribution is 0.0751. The molecule has 1 rings (SSSR count). The topological polar surface area (TPSA) is 44.1 Å². The van der Waals surface area contributed by atoms with E-state index >= 15 is 0 Å². The van der Waals surface area contributed by atoms with E-state index in [0.717, 1.165) is 0 Å². The largest absolute Gasteiger partial charge is 0.338 e. The number of nitrogens with zero attached hydrogens (tertiary/aromatic N) is 2. The monoisotopic (exact) mass is 312 g/mol. The van der Waals surface area contributed by atoms with Crippen LogP contribution in [0.15, 0.2) is 22.7 Å². The maximum atomic E-state index is 13.4. The van der Waals surface area contributed by atoms with E-state index in [9.17, 15) is 9.18 Å². The van der Waals surface area contributed by atoms with Crippen LogP contribution in [0, 0.1) is 23.1 Å². The van der Waals surface area contributed by atoms with Crippen molar-refractivity contribution in [2.24, 2.45) is 5.92 Å². The Morgan fingerprint density at radius 2 is 2.28 bits per heavy atom. The van der Waals surface area contributed by atoms with Gasteiger partial charge in [0.2, 0.25) is 0 Å². The molecule has 0 saturated heterocycles. The average Bonchev–Trinajstić information content (AvgIpc) is 2.38. The third kappa shape index (κ3) is 3.30. The molecule has 1 aromatic carbocycles. The predicted molar refractivity (Wildman–Crippen MR) is 70.5 cm³/mol. The van der Waals surface area contributed by atoms with Gasteiger partial charge in [0, 0.05) is 13.1 Å². The van der Waals surface area contributed by atoms with Gasteiger partial charge in [-0.1, -0.05) is 6.07 Å². The number of halogens is 2. The highest BCUT2D eigenvalue weighted by atomic mass is 79.9. The number of benzene rings is 1. The highest BCUT2D eigenvalue weighted by molar-refractivity contribution is 9.10. The summed E-state index contributed by atoms with van der Waals surface area (Å²) in [5.74, 6) is -0.988. The summed E-state index contributed by atoms with van der Waals surface area (Å²) in [4.78, 5) is 13.8. The van der Waals surface area contributed by atoms with Crippen molar-refractivity contribution in [3.05, 3.63) is 34.1 Å². The zero-order chi connectivity index (χ0) is 13.7. The Balaban J connectivity index is 2.97. The molecule has 0 saturated carbocycles. The quantitative estimate of drug-likeness (QED) is 0.857. The number of carbonyl (C=O) groups is 1. The molecule has 0 aromatic heterocycles. The van der Waals surface area contributed by atoms with Crippen LogP contribution in [-0.2, 0) is 0 Å². The van der Waals surface area contributed by atoms with Crippen LogP contribution in [0.3, 0.4) is 0 Å². The SMILES string of the molecule is CCN(CC(C)C#N)C(=O)c1cccc(F)c1Br. The summed E-state index contributed by atoms with van der Waals surface area (Å²) < 4.78 is 13.5. The van der Waals surface area contributed by atoms with Gasteiger partial charge < -0.3 is 4.90 Å². The third-order valence-corrected chi connectivity index (χ3v) is 3.37. The smallest absolute Gasteiger partial charge is 0.255 e. The summed E-state index contributed by atoms with van der Waals surface area (Å²) in [6.45, 7) is 4.40. The van der Waals surface area contributed by atoms with E-state index in [1.165, 1.54) is 17.0 Å². The van der Waals surface area contributed by atoms with Crippen LogP contribution in [-0.4, -0.2) is 23.9 Å². The molecule has 3 nitrogen and oxygen atoms in total. The molecule has 0 aliphatic carbocycles. The second kappa shape index (κ2) is 6.50. The van der Waals surface area contributed by atoms with Crippen LogP contribution in [0.4, 0.5) is 4.39 Å². The lowest BCUT2D eigenvalue weighted by Gasteiger charge is -2.22. The van der Waals surface area contributed by atoms with Gasteiger partial charge in [-0.25, -0.2) is 4.39 Å². The number of hydrogen-bond acceptors (Lipinski definition) is 2. The normalized spacial score (nSPS) is 11.7. The van der Waals surface area contributed by atoms with E-state index in [-0.39, 0.29) is 21.9 Å². The number of hydrogen-bond donors (Lipinski definition) is 0. The van der Waals surface area contributed by atoms with Gasteiger partial charge in [-0.05, 0) is 41.9 Å². The minimum absolute atomic E-state index is 0.165. The summed E-state index contributed by atoms with van der Waals surface area (Å²) in [6, 6.07) is 6.43. The first-order valence-corrected chi connectivity index (χ1v) is 6.43. The summed E-state index contributed by atoms with van der Waals surface area (Å²) >= 11 is 3.07. The van der Waals surface area contributed by atoms with Gasteiger partial charge >= 0.3 is 0 Å². The fourth-order valence-corrected chi connectivity index (χ4v) is 2.00. The molecule has 0 N–H and O–H groups in total. The molecule has 0 bridgehead atoms. The zero-order valence-corrected chi connectivity index (χ0v) is 11.9. The van der Waals surface area contributed by atoms with E-state index in [0.29, 0.717) is 13.1 Å². The number of amides is 1. The Morgan fingerprint density at radius 1 is 1.61 bits per heavy atom. The maximum Gasteiger partial charge on any atom is 0.255 e. The summed E-state index contributed by atoms with van der Waals surface area (Å²) in [6.07, 6.45) is 0. The average molecular weight is 313 g/mol. The number of nitriles is 1. The maximum absolute atomic E-state index is 13.4. The Kier molecular flexibility index (Phi) is 5.29. The Labute approximate surface area is 114 Å². The fourth-order valence-electron chi connectivity index (χ4n) is 1.57. The minimum atomic E-state index is -0.467. The molecule has 5 heteroatoms. The molecule has 0 aliphatic heterocycles. The molecule has 0 heterocycles. The van der Waals surface area contributed by atoms with Crippen LogP contribution in [0.2, 0.25) is 0 Å². The Bertz CT molecular complexity index is 484. The lowest BCUT2D eigenvalue weighted by atomic mass is 10.1. The molecule has 0 radical (unpaired) electrons. The molecule has 1 aromatic rings. The van der Waals surface area contributed by atoms with E-state index in [4.69, 9.17) is 5.26 Å². The van der Waals surface area contributed by atoms with Crippen molar-refractivity contribution in [3.63, 3.8) is 0 Å². The van der Waals surface area contributed by atoms with Crippen LogP contribution >= 0.6 is 15.9 Å². The Morgan fingerprint density at radius 3 is 2.83 bits per heavy atom. The van der Waals surface area contributed by atoms with Crippen molar-refractivity contribution >= 4 is 21.8 Å². The molecule has 18 heavy (non-hydrogen) atoms. The highest BCUT2D eigenvalue weighted by Gasteiger charge is 2.20. The molecule has 1 atom stereocenters. The van der Waals surface area contributed by atoms with Crippen molar-refractivity contribution in [1.82, 2.24) is 4.90 Å². The van der Waals surface area contributed by atoms with Crippen molar-refractivity contribution in [2.45, 2.75) is 13.8 Å². The predicted octanol–water partition coefficient (Wildman–Crippen LogP) is 3.21. The van der Waals surface area contributed by atoms with Crippen LogP contribution in [0.1, 0.15) is 24.2 Å². The van der Waals surface area contributed by atoms with E-state index in [1.54, 1.807) is 13.0 Å². The lowest BCUT2D eigenvalue weighted by Crippen LogP contribution is -2.34. The van der Waals surface area contributed by atoms with Gasteiger partial charge in [-0.2, -0.15) is 5.26 Å². The van der Waals surface area contributed by atoms with Gasteiger partial charge in [0.15, 0.2) is 0 Å². The molecule has 0 aliphatic rings. The van der Waals surface area contributed by atoms with Crippen molar-refractivity contribution in [1.29, 1.82) is 5.26 Å². The van der Waals surface area contributed by atoms with Crippen molar-refractivity contribution in [2.75, 3.05) is 13.1 Å². The minimum Gasteiger partial charge on any atom is -0.338 e. The summed E-state index contributed by atoms with van der Waals surface area (Å²) in [5.41, 5.74) is 0.280. The molecular weight excluding hydrogens is 299 g/mol. The molecule has 0 spiro atoms. The van der Waals surface area contributed by atoms with E-state index in [1.807, 2.05) is 6.92 Å².